The summed E-state index contributed by atoms with van der Waals surface area (Å²) in [6.45, 7) is 6.52. The molecule has 1 amide bonds. The molecule has 1 atom stereocenters. The molecule has 3 aromatic carbocycles. The lowest BCUT2D eigenvalue weighted by atomic mass is 9.82. The predicted octanol–water partition coefficient (Wildman–Crippen LogP) is 5.05. The first kappa shape index (κ1) is 35.8. The number of carbonyl (C=O) groups is 1. The summed E-state index contributed by atoms with van der Waals surface area (Å²) in [6, 6.07) is 12.8. The molecule has 2 aromatic heterocycles. The Labute approximate surface area is 296 Å². The van der Waals surface area contributed by atoms with Gasteiger partial charge in [-0.15, -0.1) is 0 Å². The Morgan fingerprint density at radius 3 is 2.51 bits per heavy atom. The first-order valence-corrected chi connectivity index (χ1v) is 17.9. The molecule has 3 heterocycles. The van der Waals surface area contributed by atoms with Crippen molar-refractivity contribution in [2.24, 2.45) is 0 Å². The van der Waals surface area contributed by atoms with Crippen LogP contribution in [0, 0.1) is 5.82 Å². The van der Waals surface area contributed by atoms with Crippen LogP contribution >= 0.6 is 11.5 Å². The number of hydrogen-bond donors (Lipinski definition) is 1. The number of ether oxygens (including phenoxy) is 3. The van der Waals surface area contributed by atoms with Gasteiger partial charge in [0.2, 0.25) is 5.13 Å². The summed E-state index contributed by atoms with van der Waals surface area (Å²) in [5, 5.41) is 11.5. The number of anilines is 1. The second kappa shape index (κ2) is 13.3. The van der Waals surface area contributed by atoms with Crippen LogP contribution < -0.4 is 19.5 Å². The van der Waals surface area contributed by atoms with Crippen LogP contribution in [0.4, 0.5) is 14.3 Å². The lowest BCUT2D eigenvalue weighted by molar-refractivity contribution is -0.104. The number of β-amino-alcohol motifs (C(OH)–C–C–N with tert-alkyl or cyclic N) is 1. The number of likely N-dealkylation sites (tertiary alicyclic amines) is 1. The maximum Gasteiger partial charge on any atom is 0.420 e. The largest absolute Gasteiger partial charge is 0.497 e. The molecular weight excluding hydrogens is 706 g/mol. The molecule has 0 bridgehead atoms. The minimum Gasteiger partial charge on any atom is -0.497 e. The van der Waals surface area contributed by atoms with E-state index in [1.165, 1.54) is 30.0 Å². The van der Waals surface area contributed by atoms with Crippen molar-refractivity contribution in [1.29, 1.82) is 0 Å². The number of hydrogen-bond acceptors (Lipinski definition) is 12. The normalized spacial score (nSPS) is 14.9. The van der Waals surface area contributed by atoms with Crippen LogP contribution in [0.25, 0.3) is 11.1 Å². The van der Waals surface area contributed by atoms with Gasteiger partial charge in [0, 0.05) is 35.3 Å². The number of aliphatic hydroxyl groups is 1. The number of oxazole rings is 1. The molecule has 1 saturated heterocycles. The van der Waals surface area contributed by atoms with E-state index in [2.05, 4.69) is 9.36 Å². The van der Waals surface area contributed by atoms with Crippen molar-refractivity contribution < 1.29 is 41.3 Å². The highest BCUT2D eigenvalue weighted by atomic mass is 32.2. The summed E-state index contributed by atoms with van der Waals surface area (Å²) in [5.74, 6) is -1.20. The van der Waals surface area contributed by atoms with Crippen molar-refractivity contribution in [2.75, 3.05) is 31.6 Å². The van der Waals surface area contributed by atoms with E-state index in [-0.39, 0.29) is 35.9 Å². The molecule has 1 unspecified atom stereocenters. The molecule has 14 nitrogen and oxygen atoms in total. The maximum absolute atomic E-state index is 16.1. The highest BCUT2D eigenvalue weighted by Crippen LogP contribution is 2.39. The first-order valence-electron chi connectivity index (χ1n) is 15.7. The van der Waals surface area contributed by atoms with Gasteiger partial charge < -0.3 is 28.6 Å². The fourth-order valence-electron chi connectivity index (χ4n) is 6.02. The van der Waals surface area contributed by atoms with Gasteiger partial charge >= 0.3 is 11.8 Å². The standard InChI is InChI=1S/C34H36FN5O9S2/c1-20(23-9-7-8-10-24(23)34(43)17-38(18-34)31(41)49-33(2,3)4)40-26-14-25(35)29(15-28(26)48-32(40)42)51(44,45)39(30-36-19-37-50-30)16-21-11-12-22(46-5)13-27(21)47-6/h7-15,19-20,43H,16-18H2,1-6H3. The number of carbonyl (C=O) groups excluding carboxylic acids is 1. The highest BCUT2D eigenvalue weighted by Gasteiger charge is 2.48. The van der Waals surface area contributed by atoms with Crippen LogP contribution in [0.1, 0.15) is 50.4 Å². The predicted molar refractivity (Wildman–Crippen MR) is 185 cm³/mol. The molecule has 0 spiro atoms. The SMILES string of the molecule is COc1ccc(CN(c2ncns2)S(=O)(=O)c2cc3oc(=O)n(C(C)c4ccccc4C4(O)CN(C(=O)OC(C)(C)C)C4)c3cc2F)c(OC)c1. The van der Waals surface area contributed by atoms with E-state index in [4.69, 9.17) is 18.6 Å². The van der Waals surface area contributed by atoms with Gasteiger partial charge in [-0.3, -0.25) is 4.57 Å². The van der Waals surface area contributed by atoms with E-state index < -0.39 is 49.8 Å². The highest BCUT2D eigenvalue weighted by molar-refractivity contribution is 7.93. The quantitative estimate of drug-likeness (QED) is 0.204. The van der Waals surface area contributed by atoms with E-state index in [0.717, 1.165) is 28.0 Å². The molecule has 6 rings (SSSR count). The summed E-state index contributed by atoms with van der Waals surface area (Å²) in [6.07, 6.45) is 0.616. The second-order valence-corrected chi connectivity index (χ2v) is 15.6. The molecule has 1 N–H and O–H groups in total. The molecule has 1 aliphatic heterocycles. The minimum atomic E-state index is -4.67. The van der Waals surface area contributed by atoms with Gasteiger partial charge in [-0.1, -0.05) is 24.3 Å². The molecule has 17 heteroatoms. The van der Waals surface area contributed by atoms with Gasteiger partial charge in [0.05, 0.1) is 45.4 Å². The number of amides is 1. The van der Waals surface area contributed by atoms with Crippen LogP contribution in [0.2, 0.25) is 0 Å². The molecule has 0 radical (unpaired) electrons. The number of nitrogens with zero attached hydrogens (tertiary/aromatic N) is 5. The lowest BCUT2D eigenvalue weighted by Crippen LogP contribution is -2.62. The monoisotopic (exact) mass is 741 g/mol. The Bertz CT molecular complexity index is 2260. The Kier molecular flexibility index (Phi) is 9.32. The van der Waals surface area contributed by atoms with Crippen molar-refractivity contribution in [1.82, 2.24) is 18.8 Å². The van der Waals surface area contributed by atoms with Gasteiger partial charge in [-0.25, -0.2) is 31.7 Å². The zero-order valence-electron chi connectivity index (χ0n) is 28.6. The van der Waals surface area contributed by atoms with Crippen molar-refractivity contribution in [2.45, 2.75) is 56.4 Å². The molecule has 0 aliphatic carbocycles. The second-order valence-electron chi connectivity index (χ2n) is 13.0. The molecule has 5 aromatic rings. The number of methoxy groups -OCH3 is 2. The van der Waals surface area contributed by atoms with Crippen LogP contribution in [0.5, 0.6) is 11.5 Å². The smallest absolute Gasteiger partial charge is 0.420 e. The van der Waals surface area contributed by atoms with Gasteiger partial charge in [0.1, 0.15) is 39.7 Å². The summed E-state index contributed by atoms with van der Waals surface area (Å²) < 4.78 is 72.1. The molecule has 270 valence electrons. The summed E-state index contributed by atoms with van der Waals surface area (Å²) in [7, 11) is -1.77. The third-order valence-electron chi connectivity index (χ3n) is 8.46. The zero-order valence-corrected chi connectivity index (χ0v) is 30.2. The number of sulfonamides is 1. The average Bonchev–Trinajstić information content (AvgIpc) is 3.71. The summed E-state index contributed by atoms with van der Waals surface area (Å²) in [4.78, 5) is 30.6. The van der Waals surface area contributed by atoms with Crippen LogP contribution in [-0.2, 0) is 26.9 Å². The van der Waals surface area contributed by atoms with E-state index >= 15 is 4.39 Å². The van der Waals surface area contributed by atoms with Crippen molar-refractivity contribution in [3.8, 4) is 11.5 Å². The summed E-state index contributed by atoms with van der Waals surface area (Å²) in [5.41, 5.74) is -0.933. The van der Waals surface area contributed by atoms with E-state index in [0.29, 0.717) is 28.2 Å². The van der Waals surface area contributed by atoms with E-state index in [1.807, 2.05) is 0 Å². The summed E-state index contributed by atoms with van der Waals surface area (Å²) >= 11 is 0.795. The molecule has 1 aliphatic rings. The third kappa shape index (κ3) is 6.75. The van der Waals surface area contributed by atoms with Crippen molar-refractivity contribution in [3.63, 3.8) is 0 Å². The van der Waals surface area contributed by atoms with Crippen LogP contribution in [-0.4, -0.2) is 71.4 Å². The molecule has 0 saturated carbocycles. The van der Waals surface area contributed by atoms with Gasteiger partial charge in [0.15, 0.2) is 5.58 Å². The fourth-order valence-corrected chi connectivity index (χ4v) is 8.22. The third-order valence-corrected chi connectivity index (χ3v) is 11.0. The Morgan fingerprint density at radius 2 is 1.86 bits per heavy atom. The number of halogens is 1. The van der Waals surface area contributed by atoms with Gasteiger partial charge in [-0.2, -0.15) is 4.37 Å². The maximum atomic E-state index is 16.1. The molecule has 51 heavy (non-hydrogen) atoms. The zero-order chi connectivity index (χ0) is 36.9. The topological polar surface area (TPSA) is 167 Å². The van der Waals surface area contributed by atoms with E-state index in [9.17, 15) is 23.1 Å². The van der Waals surface area contributed by atoms with Gasteiger partial charge in [0.25, 0.3) is 10.0 Å². The van der Waals surface area contributed by atoms with Crippen molar-refractivity contribution in [3.05, 3.63) is 94.0 Å². The van der Waals surface area contributed by atoms with Crippen LogP contribution in [0.3, 0.4) is 0 Å². The lowest BCUT2D eigenvalue weighted by Gasteiger charge is -2.47. The number of rotatable bonds is 10. The Balaban J connectivity index is 1.35. The van der Waals surface area contributed by atoms with E-state index in [1.54, 1.807) is 70.2 Å². The van der Waals surface area contributed by atoms with Crippen molar-refractivity contribution >= 4 is 43.9 Å². The van der Waals surface area contributed by atoms with Crippen LogP contribution in [0.15, 0.2) is 75.0 Å². The molecule has 1 fully saturated rings. The fraction of sp³-hybridized carbons (Fsp3) is 0.353. The number of aromatic nitrogens is 3. The minimum absolute atomic E-state index is 0.00553. The Hall–Kier alpha value is -5.00. The Morgan fingerprint density at radius 1 is 1.14 bits per heavy atom. The number of benzene rings is 3. The van der Waals surface area contributed by atoms with Gasteiger partial charge in [-0.05, 0) is 51.0 Å². The molecular formula is C34H36FN5O9S2. The number of fused-ring (bicyclic) bond motifs is 1. The average molecular weight is 742 g/mol. The first-order chi connectivity index (χ1) is 24.1.